The summed E-state index contributed by atoms with van der Waals surface area (Å²) in [6.45, 7) is 0. The van der Waals surface area contributed by atoms with E-state index in [1.807, 2.05) is 23.9 Å². The Labute approximate surface area is 130 Å². The fraction of sp³-hybridized carbons (Fsp3) is 0.200. The number of fused-ring (bicyclic) bond motifs is 1. The van der Waals surface area contributed by atoms with Gasteiger partial charge in [0, 0.05) is 28.6 Å². The topological polar surface area (TPSA) is 64.9 Å². The molecule has 3 aromatic heterocycles. The minimum Gasteiger partial charge on any atom is -0.380 e. The van der Waals surface area contributed by atoms with Gasteiger partial charge in [0.25, 0.3) is 0 Å². The Morgan fingerprint density at radius 1 is 1.33 bits per heavy atom. The number of hydrogen-bond acceptors (Lipinski definition) is 6. The lowest BCUT2D eigenvalue weighted by atomic mass is 10.1. The molecule has 4 rings (SSSR count). The Bertz CT molecular complexity index is 756. The number of anilines is 1. The first-order valence-corrected chi connectivity index (χ1v) is 8.65. The van der Waals surface area contributed by atoms with Crippen LogP contribution in [0.3, 0.4) is 0 Å². The molecule has 0 aromatic carbocycles. The molecule has 6 heteroatoms. The molecule has 4 nitrogen and oxygen atoms in total. The molecule has 0 unspecified atom stereocenters. The zero-order valence-electron chi connectivity index (χ0n) is 11.2. The van der Waals surface area contributed by atoms with Crippen LogP contribution < -0.4 is 5.73 Å². The number of aryl methyl sites for hydroxylation is 1. The molecular weight excluding hydrogens is 302 g/mol. The number of thiophene rings is 1. The SMILES string of the molecule is Nc1noc(-c2cc3c(s2)CCSC3)c1-c1cccnc1. The summed E-state index contributed by atoms with van der Waals surface area (Å²) in [5.74, 6) is 3.45. The quantitative estimate of drug-likeness (QED) is 0.778. The normalized spacial score (nSPS) is 14.1. The molecule has 0 atom stereocenters. The highest BCUT2D eigenvalue weighted by Crippen LogP contribution is 2.42. The van der Waals surface area contributed by atoms with Gasteiger partial charge in [-0.15, -0.1) is 11.3 Å². The van der Waals surface area contributed by atoms with Crippen LogP contribution in [0.4, 0.5) is 5.82 Å². The number of thioether (sulfide) groups is 1. The zero-order valence-corrected chi connectivity index (χ0v) is 12.8. The molecule has 0 aliphatic carbocycles. The van der Waals surface area contributed by atoms with E-state index in [4.69, 9.17) is 10.3 Å². The van der Waals surface area contributed by atoms with Gasteiger partial charge in [0.2, 0.25) is 0 Å². The summed E-state index contributed by atoms with van der Waals surface area (Å²) in [5, 5.41) is 3.95. The predicted molar refractivity (Wildman–Crippen MR) is 87.3 cm³/mol. The Morgan fingerprint density at radius 2 is 2.29 bits per heavy atom. The second kappa shape index (κ2) is 5.20. The monoisotopic (exact) mass is 315 g/mol. The van der Waals surface area contributed by atoms with Crippen LogP contribution in [0.15, 0.2) is 35.1 Å². The third-order valence-corrected chi connectivity index (χ3v) is 5.76. The van der Waals surface area contributed by atoms with Crippen molar-refractivity contribution in [3.05, 3.63) is 41.0 Å². The van der Waals surface area contributed by atoms with Crippen LogP contribution >= 0.6 is 23.1 Å². The first-order chi connectivity index (χ1) is 10.3. The maximum atomic E-state index is 6.00. The Hall–Kier alpha value is -1.79. The standard InChI is InChI=1S/C15H13N3OS2/c16-15-13(9-2-1-4-17-7-9)14(19-18-15)12-6-10-8-20-5-3-11(10)21-12/h1-2,4,6-7H,3,5,8H2,(H2,16,18). The number of nitrogens with zero attached hydrogens (tertiary/aromatic N) is 2. The van der Waals surface area contributed by atoms with Crippen molar-refractivity contribution < 1.29 is 4.52 Å². The van der Waals surface area contributed by atoms with Gasteiger partial charge in [-0.1, -0.05) is 11.2 Å². The van der Waals surface area contributed by atoms with E-state index in [1.165, 1.54) is 16.2 Å². The molecule has 0 spiro atoms. The lowest BCUT2D eigenvalue weighted by Crippen LogP contribution is -1.96. The van der Waals surface area contributed by atoms with Crippen molar-refractivity contribution in [2.45, 2.75) is 12.2 Å². The van der Waals surface area contributed by atoms with Gasteiger partial charge in [-0.05, 0) is 29.9 Å². The minimum absolute atomic E-state index is 0.416. The summed E-state index contributed by atoms with van der Waals surface area (Å²) in [6.07, 6.45) is 4.67. The number of hydrogen-bond donors (Lipinski definition) is 1. The van der Waals surface area contributed by atoms with Crippen molar-refractivity contribution in [3.8, 4) is 21.8 Å². The predicted octanol–water partition coefficient (Wildman–Crippen LogP) is 3.84. The number of aromatic nitrogens is 2. The van der Waals surface area contributed by atoms with Gasteiger partial charge < -0.3 is 10.3 Å². The highest BCUT2D eigenvalue weighted by molar-refractivity contribution is 7.98. The van der Waals surface area contributed by atoms with E-state index in [-0.39, 0.29) is 0 Å². The molecule has 0 fully saturated rings. The molecule has 21 heavy (non-hydrogen) atoms. The van der Waals surface area contributed by atoms with Gasteiger partial charge in [-0.2, -0.15) is 11.8 Å². The van der Waals surface area contributed by atoms with E-state index in [1.54, 1.807) is 23.7 Å². The maximum absolute atomic E-state index is 6.00. The highest BCUT2D eigenvalue weighted by Gasteiger charge is 2.22. The molecule has 4 heterocycles. The smallest absolute Gasteiger partial charge is 0.186 e. The molecule has 0 saturated heterocycles. The van der Waals surface area contributed by atoms with Crippen LogP contribution in [-0.4, -0.2) is 15.9 Å². The van der Waals surface area contributed by atoms with Crippen LogP contribution in [0.1, 0.15) is 10.4 Å². The first kappa shape index (κ1) is 12.9. The minimum atomic E-state index is 0.416. The molecule has 1 aliphatic rings. The Balaban J connectivity index is 1.85. The fourth-order valence-corrected chi connectivity index (χ4v) is 4.88. The zero-order chi connectivity index (χ0) is 14.2. The molecule has 3 aromatic rings. The molecule has 1 aliphatic heterocycles. The Morgan fingerprint density at radius 3 is 3.10 bits per heavy atom. The molecular formula is C15H13N3OS2. The van der Waals surface area contributed by atoms with Crippen LogP contribution in [0.2, 0.25) is 0 Å². The summed E-state index contributed by atoms with van der Waals surface area (Å²) in [6, 6.07) is 6.08. The second-order valence-corrected chi connectivity index (χ2v) is 7.12. The number of rotatable bonds is 2. The lowest BCUT2D eigenvalue weighted by Gasteiger charge is -2.08. The third kappa shape index (κ3) is 2.24. The average molecular weight is 315 g/mol. The summed E-state index contributed by atoms with van der Waals surface area (Å²) in [5.41, 5.74) is 9.19. The molecule has 2 N–H and O–H groups in total. The summed E-state index contributed by atoms with van der Waals surface area (Å²) in [7, 11) is 0. The van der Waals surface area contributed by atoms with Gasteiger partial charge in [0.05, 0.1) is 10.4 Å². The molecule has 0 bridgehead atoms. The number of nitrogen functional groups attached to an aromatic ring is 1. The van der Waals surface area contributed by atoms with Gasteiger partial charge in [0.1, 0.15) is 0 Å². The van der Waals surface area contributed by atoms with Crippen molar-refractivity contribution in [2.24, 2.45) is 0 Å². The number of pyridine rings is 1. The van der Waals surface area contributed by atoms with E-state index in [9.17, 15) is 0 Å². The van der Waals surface area contributed by atoms with E-state index < -0.39 is 0 Å². The van der Waals surface area contributed by atoms with Crippen molar-refractivity contribution in [2.75, 3.05) is 11.5 Å². The van der Waals surface area contributed by atoms with Crippen molar-refractivity contribution in [1.82, 2.24) is 10.1 Å². The molecule has 106 valence electrons. The van der Waals surface area contributed by atoms with E-state index in [0.717, 1.165) is 33.9 Å². The van der Waals surface area contributed by atoms with E-state index >= 15 is 0 Å². The average Bonchev–Trinajstić information content (AvgIpc) is 3.11. The van der Waals surface area contributed by atoms with Crippen molar-refractivity contribution >= 4 is 28.9 Å². The first-order valence-electron chi connectivity index (χ1n) is 6.68. The van der Waals surface area contributed by atoms with Crippen LogP contribution in [0.25, 0.3) is 21.8 Å². The fourth-order valence-electron chi connectivity index (χ4n) is 2.52. The molecule has 0 amide bonds. The molecule has 0 radical (unpaired) electrons. The Kier molecular flexibility index (Phi) is 3.20. The molecule has 0 saturated carbocycles. The highest BCUT2D eigenvalue weighted by atomic mass is 32.2. The maximum Gasteiger partial charge on any atom is 0.186 e. The second-order valence-electron chi connectivity index (χ2n) is 4.88. The van der Waals surface area contributed by atoms with Crippen molar-refractivity contribution in [1.29, 1.82) is 0 Å². The van der Waals surface area contributed by atoms with E-state index in [0.29, 0.717) is 5.82 Å². The summed E-state index contributed by atoms with van der Waals surface area (Å²) >= 11 is 3.77. The van der Waals surface area contributed by atoms with Gasteiger partial charge in [0.15, 0.2) is 11.6 Å². The van der Waals surface area contributed by atoms with Crippen LogP contribution in [0, 0.1) is 0 Å². The lowest BCUT2D eigenvalue weighted by molar-refractivity contribution is 0.437. The summed E-state index contributed by atoms with van der Waals surface area (Å²) in [4.78, 5) is 6.71. The third-order valence-electron chi connectivity index (χ3n) is 3.52. The number of nitrogens with two attached hydrogens (primary N) is 1. The van der Waals surface area contributed by atoms with Crippen molar-refractivity contribution in [3.63, 3.8) is 0 Å². The largest absolute Gasteiger partial charge is 0.380 e. The van der Waals surface area contributed by atoms with Crippen LogP contribution in [-0.2, 0) is 12.2 Å². The van der Waals surface area contributed by atoms with Gasteiger partial charge in [-0.3, -0.25) is 4.98 Å². The summed E-state index contributed by atoms with van der Waals surface area (Å²) < 4.78 is 5.51. The van der Waals surface area contributed by atoms with E-state index in [2.05, 4.69) is 16.2 Å². The van der Waals surface area contributed by atoms with Gasteiger partial charge in [-0.25, -0.2) is 0 Å². The van der Waals surface area contributed by atoms with Crippen LogP contribution in [0.5, 0.6) is 0 Å². The van der Waals surface area contributed by atoms with Gasteiger partial charge >= 0.3 is 0 Å².